The van der Waals surface area contributed by atoms with Gasteiger partial charge in [0.2, 0.25) is 6.29 Å². The van der Waals surface area contributed by atoms with Crippen LogP contribution < -0.4 is 14.9 Å². The molecule has 15 nitrogen and oxygen atoms in total. The number of phenols is 2. The molecular weight excluding hydrogens is 576 g/mol. The van der Waals surface area contributed by atoms with Crippen molar-refractivity contribution in [3.05, 3.63) is 46.6 Å². The van der Waals surface area contributed by atoms with Gasteiger partial charge in [-0.05, 0) is 25.1 Å². The molecule has 2 aliphatic rings. The zero-order chi connectivity index (χ0) is 31.2. The minimum Gasteiger partial charge on any atom is -0.507 e. The number of ether oxygens (including phenoxy) is 5. The molecule has 0 bridgehead atoms. The Balaban J connectivity index is 1.49. The predicted molar refractivity (Wildman–Crippen MR) is 143 cm³/mol. The van der Waals surface area contributed by atoms with E-state index >= 15 is 0 Å². The van der Waals surface area contributed by atoms with E-state index in [1.54, 1.807) is 0 Å². The van der Waals surface area contributed by atoms with Crippen molar-refractivity contribution < 1.29 is 69.0 Å². The van der Waals surface area contributed by atoms with Crippen molar-refractivity contribution in [2.45, 2.75) is 68.3 Å². The molecule has 1 aromatic heterocycles. The van der Waals surface area contributed by atoms with Crippen molar-refractivity contribution in [3.8, 4) is 34.3 Å². The number of phenolic OH excluding ortho intramolecular Hbond substituents is 2. The molecule has 0 amide bonds. The summed E-state index contributed by atoms with van der Waals surface area (Å²) in [6.45, 7) is 0.690. The summed E-state index contributed by atoms with van der Waals surface area (Å²) >= 11 is 0. The van der Waals surface area contributed by atoms with Crippen LogP contribution in [0.15, 0.2) is 45.6 Å². The minimum absolute atomic E-state index is 0.0691. The maximum atomic E-state index is 12.9. The number of aliphatic hydroxyl groups excluding tert-OH is 6. The number of fused-ring (bicyclic) bond motifs is 1. The summed E-state index contributed by atoms with van der Waals surface area (Å²) in [7, 11) is 1.35. The number of methoxy groups -OCH3 is 1. The van der Waals surface area contributed by atoms with Gasteiger partial charge < -0.3 is 69.0 Å². The van der Waals surface area contributed by atoms with Gasteiger partial charge in [-0.25, -0.2) is 0 Å². The third-order valence-corrected chi connectivity index (χ3v) is 7.42. The topological polar surface area (TPSA) is 238 Å². The molecule has 0 aliphatic carbocycles. The largest absolute Gasteiger partial charge is 0.507 e. The summed E-state index contributed by atoms with van der Waals surface area (Å²) in [6, 6.07) is 7.74. The highest BCUT2D eigenvalue weighted by atomic mass is 16.8. The van der Waals surface area contributed by atoms with Crippen molar-refractivity contribution in [1.29, 1.82) is 0 Å². The second kappa shape index (κ2) is 12.2. The zero-order valence-corrected chi connectivity index (χ0v) is 22.9. The molecule has 0 spiro atoms. The molecule has 5 rings (SSSR count). The molecule has 2 aliphatic heterocycles. The van der Waals surface area contributed by atoms with Gasteiger partial charge in [0.15, 0.2) is 29.3 Å². The smallest absolute Gasteiger partial charge is 0.229 e. The molecule has 0 radical (unpaired) electrons. The zero-order valence-electron chi connectivity index (χ0n) is 22.9. The van der Waals surface area contributed by atoms with Gasteiger partial charge in [0.1, 0.15) is 64.9 Å². The van der Waals surface area contributed by atoms with E-state index in [1.807, 2.05) is 0 Å². The van der Waals surface area contributed by atoms with Crippen LogP contribution in [0, 0.1) is 0 Å². The first kappa shape index (κ1) is 30.9. The molecule has 3 heterocycles. The van der Waals surface area contributed by atoms with E-state index in [0.717, 1.165) is 12.1 Å². The van der Waals surface area contributed by atoms with Gasteiger partial charge >= 0.3 is 0 Å². The van der Waals surface area contributed by atoms with Crippen LogP contribution in [0.2, 0.25) is 0 Å². The van der Waals surface area contributed by atoms with E-state index in [2.05, 4.69) is 0 Å². The second-order valence-electron chi connectivity index (χ2n) is 10.3. The van der Waals surface area contributed by atoms with E-state index in [-0.39, 0.29) is 34.0 Å². The fourth-order valence-corrected chi connectivity index (χ4v) is 5.00. The van der Waals surface area contributed by atoms with E-state index < -0.39 is 79.2 Å². The standard InChI is InChI=1S/C28H32O15/c1-10-21(33)23(35)25(37)27(39-10)43-26-24(36)22(34)19(9-29)42-28(26)40-12-6-14(31)20-15(32)8-16(41-18(20)7-12)11-3-4-13(30)17(5-11)38-2/h3-8,10,19,21-31,33-37H,9H2,1-2H3/t10-,19+,21-,22+,23+,24-,25+,26+,27-,28+/m0/s1. The lowest BCUT2D eigenvalue weighted by atomic mass is 9.97. The Hall–Kier alpha value is -3.51. The SMILES string of the molecule is COc1cc(-c2cc(=O)c3c(O)cc(O[C@@H]4O[C@H](CO)[C@@H](O)[C@H](O)[C@H]4O[C@@H]4O[C@@H](C)[C@H](O)[C@@H](O)[C@H]4O)cc3o2)ccc1O. The van der Waals surface area contributed by atoms with E-state index in [9.17, 15) is 45.6 Å². The molecule has 2 saturated heterocycles. The van der Waals surface area contributed by atoms with E-state index in [0.29, 0.717) is 5.56 Å². The molecule has 2 aromatic carbocycles. The van der Waals surface area contributed by atoms with Gasteiger partial charge in [0.25, 0.3) is 0 Å². The summed E-state index contributed by atoms with van der Waals surface area (Å²) in [5.41, 5.74) is -0.340. The molecule has 43 heavy (non-hydrogen) atoms. The fraction of sp³-hybridized carbons (Fsp3) is 0.464. The number of aromatic hydroxyl groups is 2. The normalized spacial score (nSPS) is 32.9. The first-order chi connectivity index (χ1) is 20.4. The first-order valence-electron chi connectivity index (χ1n) is 13.3. The van der Waals surface area contributed by atoms with E-state index in [1.165, 1.54) is 38.3 Å². The second-order valence-corrected chi connectivity index (χ2v) is 10.3. The van der Waals surface area contributed by atoms with Crippen LogP contribution in [-0.4, -0.2) is 116 Å². The molecule has 234 valence electrons. The van der Waals surface area contributed by atoms with Crippen molar-refractivity contribution in [2.24, 2.45) is 0 Å². The lowest BCUT2D eigenvalue weighted by molar-refractivity contribution is -0.354. The minimum atomic E-state index is -1.77. The molecule has 3 aromatic rings. The van der Waals surface area contributed by atoms with Gasteiger partial charge in [0, 0.05) is 23.8 Å². The Morgan fingerprint density at radius 3 is 2.28 bits per heavy atom. The average Bonchev–Trinajstić information content (AvgIpc) is 2.97. The molecule has 0 unspecified atom stereocenters. The number of aliphatic hydroxyl groups is 6. The van der Waals surface area contributed by atoms with Crippen LogP contribution in [0.1, 0.15) is 6.92 Å². The molecule has 15 heteroatoms. The van der Waals surface area contributed by atoms with E-state index in [4.69, 9.17) is 28.1 Å². The predicted octanol–water partition coefficient (Wildman–Crippen LogP) is -1.09. The highest BCUT2D eigenvalue weighted by Crippen LogP contribution is 2.36. The summed E-state index contributed by atoms with van der Waals surface area (Å²) in [5, 5.41) is 82.0. The van der Waals surface area contributed by atoms with Gasteiger partial charge in [-0.15, -0.1) is 0 Å². The third kappa shape index (κ3) is 5.86. The van der Waals surface area contributed by atoms with Crippen molar-refractivity contribution in [2.75, 3.05) is 13.7 Å². The quantitative estimate of drug-likeness (QED) is 0.159. The first-order valence-corrected chi connectivity index (χ1v) is 13.3. The summed E-state index contributed by atoms with van der Waals surface area (Å²) in [5.74, 6) is -0.614. The Bertz CT molecular complexity index is 1510. The van der Waals surface area contributed by atoms with Crippen LogP contribution in [0.4, 0.5) is 0 Å². The highest BCUT2D eigenvalue weighted by molar-refractivity contribution is 5.86. The third-order valence-electron chi connectivity index (χ3n) is 7.42. The van der Waals surface area contributed by atoms with Crippen LogP contribution >= 0.6 is 0 Å². The van der Waals surface area contributed by atoms with Gasteiger partial charge in [-0.2, -0.15) is 0 Å². The fourth-order valence-electron chi connectivity index (χ4n) is 5.00. The van der Waals surface area contributed by atoms with Crippen molar-refractivity contribution >= 4 is 11.0 Å². The maximum Gasteiger partial charge on any atom is 0.229 e. The van der Waals surface area contributed by atoms with Crippen molar-refractivity contribution in [1.82, 2.24) is 0 Å². The van der Waals surface area contributed by atoms with Crippen LogP contribution in [-0.2, 0) is 14.2 Å². The number of hydrogen-bond donors (Lipinski definition) is 8. The monoisotopic (exact) mass is 608 g/mol. The Morgan fingerprint density at radius 2 is 1.58 bits per heavy atom. The van der Waals surface area contributed by atoms with Crippen LogP contribution in [0.25, 0.3) is 22.3 Å². The Labute approximate surface area is 243 Å². The Morgan fingerprint density at radius 1 is 0.837 bits per heavy atom. The molecule has 10 atom stereocenters. The summed E-state index contributed by atoms with van der Waals surface area (Å²) in [4.78, 5) is 12.9. The van der Waals surface area contributed by atoms with Crippen LogP contribution in [0.3, 0.4) is 0 Å². The van der Waals surface area contributed by atoms with Gasteiger partial charge in [0.05, 0.1) is 19.8 Å². The molecular formula is C28H32O15. The maximum absolute atomic E-state index is 12.9. The molecule has 8 N–H and O–H groups in total. The number of benzene rings is 2. The highest BCUT2D eigenvalue weighted by Gasteiger charge is 2.50. The van der Waals surface area contributed by atoms with Crippen LogP contribution in [0.5, 0.6) is 23.0 Å². The lowest BCUT2D eigenvalue weighted by Gasteiger charge is -2.45. The molecule has 2 fully saturated rings. The Kier molecular flexibility index (Phi) is 8.80. The average molecular weight is 609 g/mol. The van der Waals surface area contributed by atoms with Gasteiger partial charge in [-0.3, -0.25) is 4.79 Å². The lowest BCUT2D eigenvalue weighted by Crippen LogP contribution is -2.64. The van der Waals surface area contributed by atoms with Gasteiger partial charge in [-0.1, -0.05) is 0 Å². The molecule has 0 saturated carbocycles. The number of rotatable bonds is 7. The number of hydrogen-bond acceptors (Lipinski definition) is 15. The summed E-state index contributed by atoms with van der Waals surface area (Å²) in [6.07, 6.45) is -15.4. The summed E-state index contributed by atoms with van der Waals surface area (Å²) < 4.78 is 33.6. The van der Waals surface area contributed by atoms with Crippen molar-refractivity contribution in [3.63, 3.8) is 0 Å².